The van der Waals surface area contributed by atoms with Gasteiger partial charge in [0.15, 0.2) is 0 Å². The molecule has 3 heterocycles. The SMILES string of the molecule is O=P12OC3(CCCCC3(C(F)(F)C(F)(F)C(F)(F)C(F)(F)F)O1)O2. The van der Waals surface area contributed by atoms with E-state index in [-0.39, 0.29) is 12.8 Å². The molecule has 140 valence electrons. The molecular weight excluding hydrogens is 386 g/mol. The Morgan fingerprint density at radius 3 is 1.75 bits per heavy atom. The van der Waals surface area contributed by atoms with Crippen LogP contribution in [0.25, 0.3) is 0 Å². The maximum Gasteiger partial charge on any atom is 0.481 e. The molecule has 1 aliphatic carbocycles. The summed E-state index contributed by atoms with van der Waals surface area (Å²) >= 11 is 0. The lowest BCUT2D eigenvalue weighted by molar-refractivity contribution is -0.427. The zero-order valence-electron chi connectivity index (χ0n) is 11.3. The highest BCUT2D eigenvalue weighted by Crippen LogP contribution is 2.84. The van der Waals surface area contributed by atoms with Crippen molar-refractivity contribution in [1.29, 1.82) is 0 Å². The molecule has 24 heavy (non-hydrogen) atoms. The van der Waals surface area contributed by atoms with Crippen LogP contribution < -0.4 is 0 Å². The molecule has 0 aromatic heterocycles. The molecule has 0 radical (unpaired) electrons. The highest BCUT2D eigenvalue weighted by atomic mass is 31.2. The largest absolute Gasteiger partial charge is 0.481 e. The molecule has 3 saturated heterocycles. The monoisotopic (exact) mass is 394 g/mol. The quantitative estimate of drug-likeness (QED) is 0.517. The summed E-state index contributed by atoms with van der Waals surface area (Å²) in [7, 11) is -4.68. The fourth-order valence-electron chi connectivity index (χ4n) is 3.16. The third kappa shape index (κ3) is 1.76. The number of halogens is 9. The molecule has 1 saturated carbocycles. The Morgan fingerprint density at radius 2 is 1.25 bits per heavy atom. The second-order valence-electron chi connectivity index (χ2n) is 5.73. The predicted molar refractivity (Wildman–Crippen MR) is 55.7 cm³/mol. The highest BCUT2D eigenvalue weighted by Gasteiger charge is 2.95. The highest BCUT2D eigenvalue weighted by molar-refractivity contribution is 7.50. The molecular formula is C10H8F9O4P. The van der Waals surface area contributed by atoms with E-state index in [0.717, 1.165) is 0 Å². The third-order valence-corrected chi connectivity index (χ3v) is 5.91. The number of rotatable bonds is 3. The Balaban J connectivity index is 2.12. The lowest BCUT2D eigenvalue weighted by Crippen LogP contribution is -2.74. The molecule has 1 spiro atoms. The van der Waals surface area contributed by atoms with Gasteiger partial charge in [-0.05, 0) is 19.3 Å². The molecule has 3 aliphatic heterocycles. The van der Waals surface area contributed by atoms with Crippen molar-refractivity contribution in [3.8, 4) is 0 Å². The minimum atomic E-state index is -7.07. The summed E-state index contributed by atoms with van der Waals surface area (Å²) in [6.45, 7) is 0. The predicted octanol–water partition coefficient (Wildman–Crippen LogP) is 4.65. The van der Waals surface area contributed by atoms with Crippen molar-refractivity contribution in [3.05, 3.63) is 0 Å². The number of alkyl halides is 9. The summed E-state index contributed by atoms with van der Waals surface area (Å²) in [6, 6.07) is 0. The smallest absolute Gasteiger partial charge is 0.268 e. The maximum atomic E-state index is 14.4. The lowest BCUT2D eigenvalue weighted by Gasteiger charge is -2.49. The van der Waals surface area contributed by atoms with E-state index in [1.54, 1.807) is 0 Å². The van der Waals surface area contributed by atoms with Gasteiger partial charge in [-0.15, -0.1) is 0 Å². The third-order valence-electron chi connectivity index (χ3n) is 4.34. The van der Waals surface area contributed by atoms with Gasteiger partial charge in [-0.3, -0.25) is 4.52 Å². The zero-order valence-corrected chi connectivity index (χ0v) is 12.2. The van der Waals surface area contributed by atoms with Crippen LogP contribution in [0.1, 0.15) is 25.7 Å². The van der Waals surface area contributed by atoms with Gasteiger partial charge in [-0.2, -0.15) is 39.5 Å². The van der Waals surface area contributed by atoms with Crippen molar-refractivity contribution in [2.75, 3.05) is 0 Å². The summed E-state index contributed by atoms with van der Waals surface area (Å²) in [5, 5.41) is 0. The van der Waals surface area contributed by atoms with Crippen molar-refractivity contribution < 1.29 is 57.7 Å². The van der Waals surface area contributed by atoms with E-state index in [0.29, 0.717) is 0 Å². The van der Waals surface area contributed by atoms with E-state index in [9.17, 15) is 44.1 Å². The van der Waals surface area contributed by atoms with Crippen molar-refractivity contribution >= 4 is 7.82 Å². The molecule has 4 rings (SSSR count). The van der Waals surface area contributed by atoms with Crippen LogP contribution in [0.4, 0.5) is 39.5 Å². The number of phosphoric ester groups is 1. The van der Waals surface area contributed by atoms with E-state index in [2.05, 4.69) is 13.6 Å². The minimum Gasteiger partial charge on any atom is -0.268 e. The van der Waals surface area contributed by atoms with Gasteiger partial charge in [0.05, 0.1) is 0 Å². The first-order valence-electron chi connectivity index (χ1n) is 6.50. The van der Waals surface area contributed by atoms with Gasteiger partial charge in [0, 0.05) is 6.42 Å². The Morgan fingerprint density at radius 1 is 0.750 bits per heavy atom. The standard InChI is InChI=1S/C10H8F9O4P/c11-7(12,8(13,14)9(15,16)10(17,18)19)5-3-1-2-4-6(5)22-24(20,21-5)23-6/h1-4H2. The zero-order chi connectivity index (χ0) is 18.4. The number of phosphoric acid groups is 1. The van der Waals surface area contributed by atoms with Crippen LogP contribution in [0.2, 0.25) is 0 Å². The lowest BCUT2D eigenvalue weighted by atomic mass is 9.72. The fourth-order valence-corrected chi connectivity index (χ4v) is 5.17. The average Bonchev–Trinajstić information content (AvgIpc) is 2.81. The maximum absolute atomic E-state index is 14.4. The van der Waals surface area contributed by atoms with Crippen LogP contribution in [-0.4, -0.2) is 35.3 Å². The first kappa shape index (κ1) is 18.3. The van der Waals surface area contributed by atoms with Crippen LogP contribution in [-0.2, 0) is 18.1 Å². The Hall–Kier alpha value is -0.520. The second kappa shape index (κ2) is 4.41. The summed E-state index contributed by atoms with van der Waals surface area (Å²) < 4.78 is 144. The van der Waals surface area contributed by atoms with Crippen LogP contribution in [0.3, 0.4) is 0 Å². The van der Waals surface area contributed by atoms with Crippen molar-refractivity contribution in [2.45, 2.75) is 61.0 Å². The van der Waals surface area contributed by atoms with Crippen LogP contribution in [0, 0.1) is 0 Å². The van der Waals surface area contributed by atoms with Gasteiger partial charge in [-0.1, -0.05) is 0 Å². The van der Waals surface area contributed by atoms with Crippen molar-refractivity contribution in [2.24, 2.45) is 0 Å². The minimum absolute atomic E-state index is 0.0441. The summed E-state index contributed by atoms with van der Waals surface area (Å²) in [5.41, 5.74) is -3.70. The molecule has 0 N–H and O–H groups in total. The topological polar surface area (TPSA) is 44.8 Å². The van der Waals surface area contributed by atoms with Crippen molar-refractivity contribution in [3.63, 3.8) is 0 Å². The Bertz CT molecular complexity index is 608. The van der Waals surface area contributed by atoms with Gasteiger partial charge >= 0.3 is 31.8 Å². The van der Waals surface area contributed by atoms with E-state index >= 15 is 0 Å². The van der Waals surface area contributed by atoms with Crippen LogP contribution >= 0.6 is 7.82 Å². The number of hydrogen-bond acceptors (Lipinski definition) is 4. The van der Waals surface area contributed by atoms with E-state index in [1.165, 1.54) is 0 Å². The molecule has 4 aliphatic rings. The van der Waals surface area contributed by atoms with Gasteiger partial charge in [0.1, 0.15) is 0 Å². The Labute approximate surface area is 127 Å². The fraction of sp³-hybridized carbons (Fsp3) is 1.00. The van der Waals surface area contributed by atoms with Gasteiger partial charge in [0.25, 0.3) is 0 Å². The summed E-state index contributed by atoms with van der Waals surface area (Å²) in [5.74, 6) is -22.8. The first-order chi connectivity index (χ1) is 10.6. The van der Waals surface area contributed by atoms with E-state index in [4.69, 9.17) is 0 Å². The molecule has 2 bridgehead atoms. The molecule has 14 heteroatoms. The van der Waals surface area contributed by atoms with Gasteiger partial charge in [0.2, 0.25) is 11.4 Å². The molecule has 0 aromatic rings. The Kier molecular flexibility index (Phi) is 3.36. The average molecular weight is 394 g/mol. The van der Waals surface area contributed by atoms with Crippen LogP contribution in [0.15, 0.2) is 0 Å². The molecule has 4 nitrogen and oxygen atoms in total. The molecule has 1 unspecified atom stereocenters. The van der Waals surface area contributed by atoms with Gasteiger partial charge in [-0.25, -0.2) is 13.6 Å². The van der Waals surface area contributed by atoms with Crippen molar-refractivity contribution in [1.82, 2.24) is 0 Å². The van der Waals surface area contributed by atoms with E-state index < -0.39 is 56.0 Å². The summed E-state index contributed by atoms with van der Waals surface area (Å²) in [6.07, 6.45) is -8.85. The number of hydrogen-bond donors (Lipinski definition) is 0. The molecule has 4 fully saturated rings. The second-order valence-corrected chi connectivity index (χ2v) is 7.17. The normalized spacial score (nSPS) is 40.2. The van der Waals surface area contributed by atoms with Crippen LogP contribution in [0.5, 0.6) is 0 Å². The molecule has 0 aromatic carbocycles. The van der Waals surface area contributed by atoms with E-state index in [1.807, 2.05) is 0 Å². The molecule has 1 atom stereocenters. The van der Waals surface area contributed by atoms with Gasteiger partial charge < -0.3 is 0 Å². The first-order valence-corrected chi connectivity index (χ1v) is 7.96. The summed E-state index contributed by atoms with van der Waals surface area (Å²) in [4.78, 5) is 0. The molecule has 0 amide bonds.